The lowest BCUT2D eigenvalue weighted by atomic mass is 10.2. The van der Waals surface area contributed by atoms with Crippen molar-refractivity contribution in [2.45, 2.75) is 20.0 Å². The van der Waals surface area contributed by atoms with Crippen LogP contribution in [0.2, 0.25) is 0 Å². The number of hydrogen-bond donors (Lipinski definition) is 1. The first-order valence-corrected chi connectivity index (χ1v) is 6.06. The standard InChI is InChI=1S/C12H13BrFN3/c1-8-10(5-15)7-17(16-8)6-9-2-11(13)4-12(14)3-9/h2-4,7H,5-6,15H2,1H3. The van der Waals surface area contributed by atoms with E-state index in [1.54, 1.807) is 4.68 Å². The number of aryl methyl sites for hydroxylation is 1. The molecule has 1 aromatic heterocycles. The lowest BCUT2D eigenvalue weighted by molar-refractivity contribution is 0.617. The molecule has 90 valence electrons. The van der Waals surface area contributed by atoms with Crippen molar-refractivity contribution >= 4 is 15.9 Å². The lowest BCUT2D eigenvalue weighted by Crippen LogP contribution is -2.01. The van der Waals surface area contributed by atoms with Crippen molar-refractivity contribution in [3.05, 3.63) is 51.5 Å². The van der Waals surface area contributed by atoms with Gasteiger partial charge in [-0.15, -0.1) is 0 Å². The number of rotatable bonds is 3. The van der Waals surface area contributed by atoms with Gasteiger partial charge in [0.15, 0.2) is 0 Å². The maximum Gasteiger partial charge on any atom is 0.124 e. The van der Waals surface area contributed by atoms with E-state index in [9.17, 15) is 4.39 Å². The molecule has 0 saturated heterocycles. The maximum absolute atomic E-state index is 13.2. The SMILES string of the molecule is Cc1nn(Cc2cc(F)cc(Br)c2)cc1CN. The molecule has 3 nitrogen and oxygen atoms in total. The van der Waals surface area contributed by atoms with E-state index < -0.39 is 0 Å². The quantitative estimate of drug-likeness (QED) is 0.946. The molecule has 0 amide bonds. The molecule has 0 unspecified atom stereocenters. The van der Waals surface area contributed by atoms with Crippen molar-refractivity contribution in [2.75, 3.05) is 0 Å². The predicted octanol–water partition coefficient (Wildman–Crippen LogP) is 2.60. The van der Waals surface area contributed by atoms with E-state index in [0.29, 0.717) is 13.1 Å². The Morgan fingerprint density at radius 3 is 2.76 bits per heavy atom. The van der Waals surface area contributed by atoms with Crippen molar-refractivity contribution in [1.29, 1.82) is 0 Å². The molecule has 0 radical (unpaired) electrons. The van der Waals surface area contributed by atoms with Gasteiger partial charge in [-0.1, -0.05) is 15.9 Å². The Hall–Kier alpha value is -1.20. The van der Waals surface area contributed by atoms with Crippen LogP contribution in [-0.2, 0) is 13.1 Å². The third-order valence-corrected chi connectivity index (χ3v) is 2.99. The average Bonchev–Trinajstić information content (AvgIpc) is 2.57. The summed E-state index contributed by atoms with van der Waals surface area (Å²) in [5.41, 5.74) is 8.38. The summed E-state index contributed by atoms with van der Waals surface area (Å²) in [6.45, 7) is 2.93. The van der Waals surface area contributed by atoms with Crippen LogP contribution in [0.25, 0.3) is 0 Å². The molecule has 0 aliphatic carbocycles. The number of benzene rings is 1. The lowest BCUT2D eigenvalue weighted by Gasteiger charge is -2.03. The molecule has 0 bridgehead atoms. The van der Waals surface area contributed by atoms with Crippen molar-refractivity contribution in [3.63, 3.8) is 0 Å². The van der Waals surface area contributed by atoms with Crippen LogP contribution in [0.4, 0.5) is 4.39 Å². The molecule has 0 spiro atoms. The molecule has 2 N–H and O–H groups in total. The number of halogens is 2. The third kappa shape index (κ3) is 2.92. The Balaban J connectivity index is 2.24. The van der Waals surface area contributed by atoms with Gasteiger partial charge in [0.05, 0.1) is 12.2 Å². The van der Waals surface area contributed by atoms with Gasteiger partial charge in [0.2, 0.25) is 0 Å². The molecular formula is C12H13BrFN3. The normalized spacial score (nSPS) is 10.8. The molecule has 0 fully saturated rings. The highest BCUT2D eigenvalue weighted by atomic mass is 79.9. The number of hydrogen-bond acceptors (Lipinski definition) is 2. The largest absolute Gasteiger partial charge is 0.326 e. The van der Waals surface area contributed by atoms with E-state index in [2.05, 4.69) is 21.0 Å². The van der Waals surface area contributed by atoms with E-state index in [0.717, 1.165) is 21.3 Å². The fourth-order valence-corrected chi connectivity index (χ4v) is 2.24. The van der Waals surface area contributed by atoms with Crippen LogP contribution in [0.15, 0.2) is 28.9 Å². The maximum atomic E-state index is 13.2. The van der Waals surface area contributed by atoms with Gasteiger partial charge in [0.25, 0.3) is 0 Å². The zero-order valence-electron chi connectivity index (χ0n) is 9.45. The molecule has 0 aliphatic rings. The highest BCUT2D eigenvalue weighted by Crippen LogP contribution is 2.16. The van der Waals surface area contributed by atoms with Gasteiger partial charge in [-0.25, -0.2) is 4.39 Å². The molecule has 0 saturated carbocycles. The Labute approximate surface area is 108 Å². The van der Waals surface area contributed by atoms with E-state index in [4.69, 9.17) is 5.73 Å². The van der Waals surface area contributed by atoms with Crippen LogP contribution in [0.1, 0.15) is 16.8 Å². The van der Waals surface area contributed by atoms with Crippen LogP contribution >= 0.6 is 15.9 Å². The topological polar surface area (TPSA) is 43.8 Å². The molecule has 5 heteroatoms. The van der Waals surface area contributed by atoms with Gasteiger partial charge in [-0.2, -0.15) is 5.10 Å². The molecular weight excluding hydrogens is 285 g/mol. The summed E-state index contributed by atoms with van der Waals surface area (Å²) < 4.78 is 15.7. The molecule has 1 aromatic carbocycles. The molecule has 17 heavy (non-hydrogen) atoms. The highest BCUT2D eigenvalue weighted by Gasteiger charge is 2.05. The summed E-state index contributed by atoms with van der Waals surface area (Å²) >= 11 is 3.27. The minimum Gasteiger partial charge on any atom is -0.326 e. The second-order valence-corrected chi connectivity index (χ2v) is 4.83. The van der Waals surface area contributed by atoms with E-state index >= 15 is 0 Å². The van der Waals surface area contributed by atoms with E-state index in [1.807, 2.05) is 19.2 Å². The molecule has 0 aliphatic heterocycles. The van der Waals surface area contributed by atoms with Crippen LogP contribution < -0.4 is 5.73 Å². The first kappa shape index (κ1) is 12.3. The Kier molecular flexibility index (Phi) is 3.59. The van der Waals surface area contributed by atoms with Gasteiger partial charge in [-0.05, 0) is 30.7 Å². The number of aromatic nitrogens is 2. The van der Waals surface area contributed by atoms with Gasteiger partial charge < -0.3 is 5.73 Å². The summed E-state index contributed by atoms with van der Waals surface area (Å²) in [5.74, 6) is -0.252. The smallest absolute Gasteiger partial charge is 0.124 e. The Morgan fingerprint density at radius 1 is 1.41 bits per heavy atom. The van der Waals surface area contributed by atoms with E-state index in [1.165, 1.54) is 12.1 Å². The molecule has 0 atom stereocenters. The first-order valence-electron chi connectivity index (χ1n) is 5.26. The second kappa shape index (κ2) is 4.98. The van der Waals surface area contributed by atoms with Gasteiger partial charge in [-0.3, -0.25) is 4.68 Å². The van der Waals surface area contributed by atoms with Gasteiger partial charge >= 0.3 is 0 Å². The summed E-state index contributed by atoms with van der Waals surface area (Å²) in [4.78, 5) is 0. The van der Waals surface area contributed by atoms with Crippen molar-refractivity contribution in [1.82, 2.24) is 9.78 Å². The van der Waals surface area contributed by atoms with Crippen molar-refractivity contribution in [3.8, 4) is 0 Å². The fourth-order valence-electron chi connectivity index (χ4n) is 1.73. The zero-order chi connectivity index (χ0) is 12.4. The summed E-state index contributed by atoms with van der Waals surface area (Å²) in [6, 6.07) is 4.81. The van der Waals surface area contributed by atoms with Crippen LogP contribution in [0.3, 0.4) is 0 Å². The monoisotopic (exact) mass is 297 g/mol. The minimum absolute atomic E-state index is 0.252. The average molecular weight is 298 g/mol. The van der Waals surface area contributed by atoms with Crippen molar-refractivity contribution < 1.29 is 4.39 Å². The number of nitrogens with two attached hydrogens (primary N) is 1. The molecule has 1 heterocycles. The van der Waals surface area contributed by atoms with E-state index in [-0.39, 0.29) is 5.82 Å². The highest BCUT2D eigenvalue weighted by molar-refractivity contribution is 9.10. The van der Waals surface area contributed by atoms with Crippen LogP contribution in [0.5, 0.6) is 0 Å². The first-order chi connectivity index (χ1) is 8.08. The summed E-state index contributed by atoms with van der Waals surface area (Å²) in [6.07, 6.45) is 1.90. The zero-order valence-corrected chi connectivity index (χ0v) is 11.0. The minimum atomic E-state index is -0.252. The summed E-state index contributed by atoms with van der Waals surface area (Å²) in [5, 5.41) is 4.33. The Bertz CT molecular complexity index is 516. The Morgan fingerprint density at radius 2 is 2.18 bits per heavy atom. The molecule has 2 rings (SSSR count). The van der Waals surface area contributed by atoms with Gasteiger partial charge in [0.1, 0.15) is 5.82 Å². The fraction of sp³-hybridized carbons (Fsp3) is 0.250. The predicted molar refractivity (Wildman–Crippen MR) is 68.1 cm³/mol. The van der Waals surface area contributed by atoms with Crippen LogP contribution in [0, 0.1) is 12.7 Å². The van der Waals surface area contributed by atoms with Crippen LogP contribution in [-0.4, -0.2) is 9.78 Å². The molecule has 2 aromatic rings. The summed E-state index contributed by atoms with van der Waals surface area (Å²) in [7, 11) is 0. The van der Waals surface area contributed by atoms with Crippen molar-refractivity contribution in [2.24, 2.45) is 5.73 Å². The third-order valence-electron chi connectivity index (χ3n) is 2.53. The number of nitrogens with zero attached hydrogens (tertiary/aromatic N) is 2. The van der Waals surface area contributed by atoms with Gasteiger partial charge in [0, 0.05) is 22.8 Å². The second-order valence-electron chi connectivity index (χ2n) is 3.92.